The van der Waals surface area contributed by atoms with Gasteiger partial charge in [-0.3, -0.25) is 9.10 Å². The Morgan fingerprint density at radius 3 is 2.19 bits per heavy atom. The summed E-state index contributed by atoms with van der Waals surface area (Å²) in [4.78, 5) is 24.5. The normalized spacial score (nSPS) is 11.0. The number of carbonyl (C=O) groups excluding carboxylic acids is 2. The Balaban J connectivity index is 1.77. The van der Waals surface area contributed by atoms with Gasteiger partial charge in [-0.05, 0) is 61.5 Å². The summed E-state index contributed by atoms with van der Waals surface area (Å²) in [5, 5.41) is 2.88. The number of nitrogens with one attached hydrogen (secondary N) is 1. The van der Waals surface area contributed by atoms with Crippen LogP contribution in [0.3, 0.4) is 0 Å². The van der Waals surface area contributed by atoms with E-state index in [1.807, 2.05) is 6.92 Å². The molecule has 0 aliphatic heterocycles. The number of carbonyl (C=O) groups is 2. The van der Waals surface area contributed by atoms with Crippen molar-refractivity contribution in [2.75, 3.05) is 23.8 Å². The van der Waals surface area contributed by atoms with E-state index in [0.29, 0.717) is 16.9 Å². The van der Waals surface area contributed by atoms with Gasteiger partial charge in [0.2, 0.25) is 0 Å². The molecule has 0 aliphatic carbocycles. The molecular formula is C23H21ClN2O5S. The second-order valence-corrected chi connectivity index (χ2v) is 9.35. The van der Waals surface area contributed by atoms with E-state index in [9.17, 15) is 18.0 Å². The van der Waals surface area contributed by atoms with Crippen molar-refractivity contribution >= 4 is 44.9 Å². The Hall–Kier alpha value is -3.36. The van der Waals surface area contributed by atoms with Crippen LogP contribution in [0.15, 0.2) is 71.6 Å². The molecule has 0 unspecified atom stereocenters. The molecule has 1 amide bonds. The molecule has 0 heterocycles. The Kier molecular flexibility index (Phi) is 6.86. The predicted molar refractivity (Wildman–Crippen MR) is 124 cm³/mol. The number of anilines is 2. The van der Waals surface area contributed by atoms with Crippen LogP contribution in [0.4, 0.5) is 11.4 Å². The van der Waals surface area contributed by atoms with Gasteiger partial charge in [0.1, 0.15) is 0 Å². The van der Waals surface area contributed by atoms with Crippen LogP contribution >= 0.6 is 11.6 Å². The molecule has 7 nitrogen and oxygen atoms in total. The number of rotatable bonds is 6. The van der Waals surface area contributed by atoms with Gasteiger partial charge >= 0.3 is 5.97 Å². The summed E-state index contributed by atoms with van der Waals surface area (Å²) in [5.41, 5.74) is 2.17. The van der Waals surface area contributed by atoms with E-state index < -0.39 is 21.9 Å². The molecule has 0 bridgehead atoms. The van der Waals surface area contributed by atoms with Crippen LogP contribution in [0.2, 0.25) is 5.02 Å². The Morgan fingerprint density at radius 2 is 1.59 bits per heavy atom. The number of methoxy groups -OCH3 is 1. The maximum absolute atomic E-state index is 12.8. The van der Waals surface area contributed by atoms with Gasteiger partial charge in [-0.2, -0.15) is 0 Å². The number of nitrogens with zero attached hydrogens (tertiary/aromatic N) is 1. The smallest absolute Gasteiger partial charge is 0.339 e. The number of hydrogen-bond acceptors (Lipinski definition) is 5. The van der Waals surface area contributed by atoms with Gasteiger partial charge < -0.3 is 10.1 Å². The molecule has 0 radical (unpaired) electrons. The van der Waals surface area contributed by atoms with E-state index in [0.717, 1.165) is 9.87 Å². The van der Waals surface area contributed by atoms with Crippen LogP contribution in [0, 0.1) is 6.92 Å². The number of benzene rings is 3. The Morgan fingerprint density at radius 1 is 0.969 bits per heavy atom. The Labute approximate surface area is 191 Å². The minimum absolute atomic E-state index is 0.130. The van der Waals surface area contributed by atoms with E-state index in [1.54, 1.807) is 42.5 Å². The van der Waals surface area contributed by atoms with Crippen LogP contribution in [-0.2, 0) is 14.8 Å². The fourth-order valence-electron chi connectivity index (χ4n) is 2.90. The van der Waals surface area contributed by atoms with Gasteiger partial charge in [0, 0.05) is 18.3 Å². The monoisotopic (exact) mass is 472 g/mol. The first-order valence-electron chi connectivity index (χ1n) is 9.48. The minimum atomic E-state index is -3.73. The topological polar surface area (TPSA) is 92.8 Å². The third-order valence-corrected chi connectivity index (χ3v) is 6.93. The summed E-state index contributed by atoms with van der Waals surface area (Å²) in [6.45, 7) is 1.88. The average molecular weight is 473 g/mol. The van der Waals surface area contributed by atoms with Gasteiger partial charge in [0.25, 0.3) is 15.9 Å². The van der Waals surface area contributed by atoms with Crippen LogP contribution in [-0.4, -0.2) is 34.5 Å². The van der Waals surface area contributed by atoms with E-state index in [2.05, 4.69) is 10.1 Å². The number of esters is 1. The molecule has 0 aromatic heterocycles. The van der Waals surface area contributed by atoms with Crippen molar-refractivity contribution < 1.29 is 22.7 Å². The third-order valence-electron chi connectivity index (χ3n) is 4.80. The van der Waals surface area contributed by atoms with Gasteiger partial charge in [-0.1, -0.05) is 29.3 Å². The van der Waals surface area contributed by atoms with Crippen LogP contribution in [0.5, 0.6) is 0 Å². The number of halogens is 1. The highest BCUT2D eigenvalue weighted by Crippen LogP contribution is 2.24. The lowest BCUT2D eigenvalue weighted by Crippen LogP contribution is -2.26. The molecule has 0 saturated heterocycles. The molecule has 9 heteroatoms. The molecule has 3 rings (SSSR count). The standard InChI is InChI=1S/C23H21ClN2O5S/c1-15-4-11-19(12-5-15)32(29,30)26(2)18-9-6-16(7-10-18)22(27)25-17-8-13-21(24)20(14-17)23(28)31-3/h4-14H,1-3H3,(H,25,27). The summed E-state index contributed by atoms with van der Waals surface area (Å²) in [6.07, 6.45) is 0. The van der Waals surface area contributed by atoms with Crippen molar-refractivity contribution in [3.63, 3.8) is 0 Å². The molecule has 1 N–H and O–H groups in total. The third kappa shape index (κ3) is 4.92. The second kappa shape index (κ2) is 9.42. The lowest BCUT2D eigenvalue weighted by molar-refractivity contribution is 0.0600. The number of amides is 1. The fraction of sp³-hybridized carbons (Fsp3) is 0.130. The SMILES string of the molecule is COC(=O)c1cc(NC(=O)c2ccc(N(C)S(=O)(=O)c3ccc(C)cc3)cc2)ccc1Cl. The maximum Gasteiger partial charge on any atom is 0.339 e. The minimum Gasteiger partial charge on any atom is -0.465 e. The highest BCUT2D eigenvalue weighted by Gasteiger charge is 2.21. The highest BCUT2D eigenvalue weighted by molar-refractivity contribution is 7.92. The number of aryl methyl sites for hydroxylation is 1. The van der Waals surface area contributed by atoms with Crippen molar-refractivity contribution in [2.24, 2.45) is 0 Å². The number of hydrogen-bond donors (Lipinski definition) is 1. The zero-order valence-electron chi connectivity index (χ0n) is 17.6. The molecule has 0 saturated carbocycles. The second-order valence-electron chi connectivity index (χ2n) is 6.97. The number of sulfonamides is 1. The first-order chi connectivity index (χ1) is 15.1. The van der Waals surface area contributed by atoms with E-state index in [1.165, 1.54) is 38.4 Å². The lowest BCUT2D eigenvalue weighted by atomic mass is 10.1. The molecule has 32 heavy (non-hydrogen) atoms. The van der Waals surface area contributed by atoms with Crippen LogP contribution in [0.1, 0.15) is 26.3 Å². The highest BCUT2D eigenvalue weighted by atomic mass is 35.5. The van der Waals surface area contributed by atoms with Crippen molar-refractivity contribution in [2.45, 2.75) is 11.8 Å². The zero-order valence-corrected chi connectivity index (χ0v) is 19.2. The molecule has 0 fully saturated rings. The average Bonchev–Trinajstić information content (AvgIpc) is 2.79. The quantitative estimate of drug-likeness (QED) is 0.533. The summed E-state index contributed by atoms with van der Waals surface area (Å²) in [5.74, 6) is -1.05. The van der Waals surface area contributed by atoms with Gasteiger partial charge in [0.15, 0.2) is 0 Å². The molecule has 3 aromatic carbocycles. The summed E-state index contributed by atoms with van der Waals surface area (Å²) in [7, 11) is -1.05. The van der Waals surface area contributed by atoms with Crippen molar-refractivity contribution in [3.05, 3.63) is 88.4 Å². The first kappa shape index (κ1) is 23.3. The fourth-order valence-corrected chi connectivity index (χ4v) is 4.29. The summed E-state index contributed by atoms with van der Waals surface area (Å²) < 4.78 is 31.5. The molecule has 0 atom stereocenters. The molecule has 166 valence electrons. The number of ether oxygens (including phenoxy) is 1. The van der Waals surface area contributed by atoms with Gasteiger partial charge in [0.05, 0.1) is 28.3 Å². The molecule has 3 aromatic rings. The Bertz CT molecular complexity index is 1260. The maximum atomic E-state index is 12.8. The van der Waals surface area contributed by atoms with E-state index in [-0.39, 0.29) is 15.5 Å². The van der Waals surface area contributed by atoms with Crippen molar-refractivity contribution in [1.29, 1.82) is 0 Å². The first-order valence-corrected chi connectivity index (χ1v) is 11.3. The molecule has 0 aliphatic rings. The van der Waals surface area contributed by atoms with Crippen molar-refractivity contribution in [1.82, 2.24) is 0 Å². The zero-order chi connectivity index (χ0) is 23.5. The largest absolute Gasteiger partial charge is 0.465 e. The van der Waals surface area contributed by atoms with Gasteiger partial charge in [-0.25, -0.2) is 13.2 Å². The van der Waals surface area contributed by atoms with Crippen LogP contribution < -0.4 is 9.62 Å². The molecule has 0 spiro atoms. The lowest BCUT2D eigenvalue weighted by Gasteiger charge is -2.20. The van der Waals surface area contributed by atoms with E-state index in [4.69, 9.17) is 11.6 Å². The van der Waals surface area contributed by atoms with E-state index >= 15 is 0 Å². The predicted octanol–water partition coefficient (Wildman–Crippen LogP) is 4.51. The van der Waals surface area contributed by atoms with Crippen molar-refractivity contribution in [3.8, 4) is 0 Å². The van der Waals surface area contributed by atoms with Gasteiger partial charge in [-0.15, -0.1) is 0 Å². The van der Waals surface area contributed by atoms with Crippen LogP contribution in [0.25, 0.3) is 0 Å². The summed E-state index contributed by atoms with van der Waals surface area (Å²) >= 11 is 5.99. The molecular weight excluding hydrogens is 452 g/mol. The summed E-state index contributed by atoms with van der Waals surface area (Å²) in [6, 6.07) is 17.2.